The molecule has 4 heteroatoms. The van der Waals surface area contributed by atoms with Crippen LogP contribution in [-0.4, -0.2) is 18.8 Å². The van der Waals surface area contributed by atoms with Crippen molar-refractivity contribution in [2.45, 2.75) is 20.3 Å². The average Bonchev–Trinajstić information content (AvgIpc) is 2.16. The molecule has 0 aliphatic rings. The summed E-state index contributed by atoms with van der Waals surface area (Å²) in [6, 6.07) is 4.74. The van der Waals surface area contributed by atoms with Crippen molar-refractivity contribution in [3.63, 3.8) is 0 Å². The van der Waals surface area contributed by atoms with E-state index < -0.39 is 13.0 Å². The third-order valence-electron chi connectivity index (χ3n) is 1.96. The number of Topliss-reactive ketones (excluding diaryl/α,β-unsaturated/α-hetero) is 1. The monoisotopic (exact) mass is 214 g/mol. The molecule has 0 aliphatic heterocycles. The maximum atomic E-state index is 11.9. The third-order valence-corrected chi connectivity index (χ3v) is 1.96. The zero-order valence-corrected chi connectivity index (χ0v) is 8.59. The number of halogens is 2. The van der Waals surface area contributed by atoms with Gasteiger partial charge in [0.2, 0.25) is 0 Å². The standard InChI is InChI=1S/C11H12F2O2/c1-7-3-4-9(15-6-11(12)13)5-10(7)8(2)14/h3-5,11H,6H2,1-2H3. The Hall–Kier alpha value is -1.45. The van der Waals surface area contributed by atoms with Crippen LogP contribution in [0.3, 0.4) is 0 Å². The van der Waals surface area contributed by atoms with E-state index in [1.807, 2.05) is 0 Å². The van der Waals surface area contributed by atoms with Crippen LogP contribution in [0.1, 0.15) is 22.8 Å². The summed E-state index contributed by atoms with van der Waals surface area (Å²) in [5.74, 6) is 0.195. The van der Waals surface area contributed by atoms with E-state index in [-0.39, 0.29) is 5.78 Å². The Bertz CT molecular complexity index is 362. The van der Waals surface area contributed by atoms with Gasteiger partial charge in [-0.2, -0.15) is 0 Å². The summed E-state index contributed by atoms with van der Waals surface area (Å²) in [5.41, 5.74) is 1.31. The second-order valence-electron chi connectivity index (χ2n) is 3.24. The highest BCUT2D eigenvalue weighted by atomic mass is 19.3. The maximum Gasteiger partial charge on any atom is 0.272 e. The molecule has 1 aromatic carbocycles. The number of carbonyl (C=O) groups is 1. The first-order chi connectivity index (χ1) is 7.00. The van der Waals surface area contributed by atoms with Crippen LogP contribution < -0.4 is 4.74 Å². The van der Waals surface area contributed by atoms with Gasteiger partial charge in [-0.15, -0.1) is 0 Å². The summed E-state index contributed by atoms with van der Waals surface area (Å²) in [7, 11) is 0. The average molecular weight is 214 g/mol. The highest BCUT2D eigenvalue weighted by molar-refractivity contribution is 5.95. The molecule has 0 unspecified atom stereocenters. The lowest BCUT2D eigenvalue weighted by Crippen LogP contribution is -2.07. The molecule has 0 aromatic heterocycles. The number of ether oxygens (including phenoxy) is 1. The fourth-order valence-corrected chi connectivity index (χ4v) is 1.23. The SMILES string of the molecule is CC(=O)c1cc(OCC(F)F)ccc1C. The number of hydrogen-bond donors (Lipinski definition) is 0. The van der Waals surface area contributed by atoms with Gasteiger partial charge in [0, 0.05) is 5.56 Å². The van der Waals surface area contributed by atoms with Gasteiger partial charge in [0.1, 0.15) is 12.4 Å². The van der Waals surface area contributed by atoms with Crippen LogP contribution in [0.15, 0.2) is 18.2 Å². The summed E-state index contributed by atoms with van der Waals surface area (Å²) in [6.07, 6.45) is -2.51. The molecule has 1 aromatic rings. The van der Waals surface area contributed by atoms with E-state index in [2.05, 4.69) is 0 Å². The Labute approximate surface area is 86.9 Å². The number of aryl methyl sites for hydroxylation is 1. The molecule has 82 valence electrons. The predicted molar refractivity (Wildman–Crippen MR) is 52.7 cm³/mol. The van der Waals surface area contributed by atoms with Crippen molar-refractivity contribution >= 4 is 5.78 Å². The van der Waals surface area contributed by atoms with Crippen molar-refractivity contribution in [2.75, 3.05) is 6.61 Å². The first-order valence-electron chi connectivity index (χ1n) is 4.53. The number of hydrogen-bond acceptors (Lipinski definition) is 2. The Morgan fingerprint density at radius 2 is 2.13 bits per heavy atom. The number of alkyl halides is 2. The minimum Gasteiger partial charge on any atom is -0.488 e. The summed E-state index contributed by atoms with van der Waals surface area (Å²) >= 11 is 0. The van der Waals surface area contributed by atoms with Gasteiger partial charge in [-0.1, -0.05) is 6.07 Å². The zero-order valence-electron chi connectivity index (χ0n) is 8.59. The fourth-order valence-electron chi connectivity index (χ4n) is 1.23. The van der Waals surface area contributed by atoms with Crippen molar-refractivity contribution in [3.05, 3.63) is 29.3 Å². The Balaban J connectivity index is 2.83. The minimum atomic E-state index is -2.51. The molecular weight excluding hydrogens is 202 g/mol. The van der Waals surface area contributed by atoms with Crippen molar-refractivity contribution in [3.8, 4) is 5.75 Å². The van der Waals surface area contributed by atoms with E-state index in [4.69, 9.17) is 4.74 Å². The van der Waals surface area contributed by atoms with Crippen LogP contribution in [0.5, 0.6) is 5.75 Å². The van der Waals surface area contributed by atoms with Crippen LogP contribution in [0, 0.1) is 6.92 Å². The van der Waals surface area contributed by atoms with Crippen LogP contribution in [-0.2, 0) is 0 Å². The van der Waals surface area contributed by atoms with E-state index in [0.717, 1.165) is 5.56 Å². The lowest BCUT2D eigenvalue weighted by Gasteiger charge is -2.08. The summed E-state index contributed by atoms with van der Waals surface area (Å²) < 4.78 is 28.5. The zero-order chi connectivity index (χ0) is 11.4. The van der Waals surface area contributed by atoms with Crippen molar-refractivity contribution in [1.29, 1.82) is 0 Å². The molecule has 0 atom stereocenters. The quantitative estimate of drug-likeness (QED) is 0.720. The van der Waals surface area contributed by atoms with Gasteiger partial charge < -0.3 is 4.74 Å². The first-order valence-corrected chi connectivity index (χ1v) is 4.53. The second kappa shape index (κ2) is 4.87. The third kappa shape index (κ3) is 3.31. The largest absolute Gasteiger partial charge is 0.488 e. The summed E-state index contributed by atoms with van der Waals surface area (Å²) in [4.78, 5) is 11.2. The molecule has 0 fully saturated rings. The highest BCUT2D eigenvalue weighted by Gasteiger charge is 2.07. The van der Waals surface area contributed by atoms with Gasteiger partial charge in [0.25, 0.3) is 6.43 Å². The van der Waals surface area contributed by atoms with Gasteiger partial charge in [-0.3, -0.25) is 4.79 Å². The number of carbonyl (C=O) groups excluding carboxylic acids is 1. The van der Waals surface area contributed by atoms with E-state index in [1.165, 1.54) is 13.0 Å². The van der Waals surface area contributed by atoms with Gasteiger partial charge in [0.05, 0.1) is 0 Å². The van der Waals surface area contributed by atoms with Crippen molar-refractivity contribution in [2.24, 2.45) is 0 Å². The molecule has 0 amide bonds. The summed E-state index contributed by atoms with van der Waals surface area (Å²) in [6.45, 7) is 2.56. The Morgan fingerprint density at radius 3 is 2.67 bits per heavy atom. The smallest absolute Gasteiger partial charge is 0.272 e. The molecule has 0 radical (unpaired) electrons. The Kier molecular flexibility index (Phi) is 3.77. The second-order valence-corrected chi connectivity index (χ2v) is 3.24. The van der Waals surface area contributed by atoms with Crippen LogP contribution in [0.2, 0.25) is 0 Å². The van der Waals surface area contributed by atoms with Crippen LogP contribution >= 0.6 is 0 Å². The van der Waals surface area contributed by atoms with E-state index in [0.29, 0.717) is 11.3 Å². The summed E-state index contributed by atoms with van der Waals surface area (Å²) in [5, 5.41) is 0. The molecule has 1 rings (SSSR count). The van der Waals surface area contributed by atoms with Crippen molar-refractivity contribution < 1.29 is 18.3 Å². The van der Waals surface area contributed by atoms with Gasteiger partial charge >= 0.3 is 0 Å². The lowest BCUT2D eigenvalue weighted by atomic mass is 10.1. The Morgan fingerprint density at radius 1 is 1.47 bits per heavy atom. The molecule has 0 aliphatic carbocycles. The molecule has 0 saturated heterocycles. The maximum absolute atomic E-state index is 11.9. The highest BCUT2D eigenvalue weighted by Crippen LogP contribution is 2.18. The minimum absolute atomic E-state index is 0.102. The van der Waals surface area contributed by atoms with Crippen LogP contribution in [0.4, 0.5) is 8.78 Å². The molecule has 0 heterocycles. The molecular formula is C11H12F2O2. The fraction of sp³-hybridized carbons (Fsp3) is 0.364. The molecule has 0 N–H and O–H groups in total. The molecule has 0 saturated carbocycles. The normalized spacial score (nSPS) is 10.5. The number of ketones is 1. The molecule has 15 heavy (non-hydrogen) atoms. The van der Waals surface area contributed by atoms with E-state index in [1.54, 1.807) is 19.1 Å². The first kappa shape index (κ1) is 11.6. The van der Waals surface area contributed by atoms with Crippen LogP contribution in [0.25, 0.3) is 0 Å². The number of benzene rings is 1. The molecule has 2 nitrogen and oxygen atoms in total. The topological polar surface area (TPSA) is 26.3 Å². The van der Waals surface area contributed by atoms with Gasteiger partial charge in [-0.25, -0.2) is 8.78 Å². The van der Waals surface area contributed by atoms with E-state index >= 15 is 0 Å². The van der Waals surface area contributed by atoms with Crippen molar-refractivity contribution in [1.82, 2.24) is 0 Å². The number of rotatable bonds is 4. The predicted octanol–water partition coefficient (Wildman–Crippen LogP) is 2.84. The van der Waals surface area contributed by atoms with E-state index in [9.17, 15) is 13.6 Å². The molecule has 0 spiro atoms. The molecule has 0 bridgehead atoms. The van der Waals surface area contributed by atoms with Gasteiger partial charge in [-0.05, 0) is 31.5 Å². The lowest BCUT2D eigenvalue weighted by molar-refractivity contribution is 0.0818. The van der Waals surface area contributed by atoms with Gasteiger partial charge in [0.15, 0.2) is 5.78 Å².